The van der Waals surface area contributed by atoms with E-state index in [1.165, 1.54) is 0 Å². The van der Waals surface area contributed by atoms with Crippen molar-refractivity contribution in [2.75, 3.05) is 5.32 Å². The van der Waals surface area contributed by atoms with Gasteiger partial charge in [-0.25, -0.2) is 4.68 Å². The molecule has 0 fully saturated rings. The maximum absolute atomic E-state index is 5.37. The van der Waals surface area contributed by atoms with Gasteiger partial charge in [0, 0.05) is 11.9 Å². The van der Waals surface area contributed by atoms with Gasteiger partial charge < -0.3 is 11.1 Å². The Morgan fingerprint density at radius 2 is 2.06 bits per heavy atom. The fourth-order valence-electron chi connectivity index (χ4n) is 1.28. The Morgan fingerprint density at radius 1 is 1.38 bits per heavy atom. The van der Waals surface area contributed by atoms with Gasteiger partial charge in [0.2, 0.25) is 0 Å². The molecule has 1 aromatic carbocycles. The van der Waals surface area contributed by atoms with E-state index in [1.807, 2.05) is 30.5 Å². The van der Waals surface area contributed by atoms with E-state index >= 15 is 0 Å². The molecule has 16 heavy (non-hydrogen) atoms. The molecule has 6 heteroatoms. The van der Waals surface area contributed by atoms with Crippen LogP contribution >= 0.6 is 28.1 Å². The maximum Gasteiger partial charge on any atom is 0.168 e. The first kappa shape index (κ1) is 11.1. The molecule has 0 aliphatic heterocycles. The largest absolute Gasteiger partial charge is 0.376 e. The fraction of sp³-hybridized carbons (Fsp3) is 0. The van der Waals surface area contributed by atoms with Gasteiger partial charge in [0.05, 0.1) is 16.4 Å². The van der Waals surface area contributed by atoms with Gasteiger partial charge >= 0.3 is 0 Å². The number of hydrogen-bond acceptors (Lipinski definition) is 2. The van der Waals surface area contributed by atoms with Gasteiger partial charge in [0.1, 0.15) is 0 Å². The van der Waals surface area contributed by atoms with Gasteiger partial charge in [-0.2, -0.15) is 5.10 Å². The summed E-state index contributed by atoms with van der Waals surface area (Å²) in [4.78, 5) is 0. The number of thiocarbonyl (C=S) groups is 1. The predicted molar refractivity (Wildman–Crippen MR) is 71.7 cm³/mol. The molecule has 0 atom stereocenters. The quantitative estimate of drug-likeness (QED) is 0.835. The topological polar surface area (TPSA) is 55.9 Å². The van der Waals surface area contributed by atoms with Crippen molar-refractivity contribution < 1.29 is 0 Å². The Hall–Kier alpha value is -1.40. The zero-order valence-corrected chi connectivity index (χ0v) is 10.6. The number of halogens is 1. The number of nitrogens with zero attached hydrogens (tertiary/aromatic N) is 2. The average molecular weight is 297 g/mol. The van der Waals surface area contributed by atoms with Crippen molar-refractivity contribution in [1.29, 1.82) is 0 Å². The summed E-state index contributed by atoms with van der Waals surface area (Å²) in [7, 11) is 0. The minimum atomic E-state index is 0.259. The number of aromatic nitrogens is 2. The molecule has 1 heterocycles. The van der Waals surface area contributed by atoms with Crippen molar-refractivity contribution in [1.82, 2.24) is 9.78 Å². The Bertz CT molecular complexity index is 506. The lowest BCUT2D eigenvalue weighted by atomic mass is 10.3. The van der Waals surface area contributed by atoms with E-state index in [4.69, 9.17) is 18.0 Å². The normalized spacial score (nSPS) is 10.1. The SMILES string of the molecule is NC(=S)Nc1ccc(-n2cc(Br)cn2)cc1. The van der Waals surface area contributed by atoms with Gasteiger partial charge in [-0.3, -0.25) is 0 Å². The molecule has 0 saturated carbocycles. The fourth-order valence-corrected chi connectivity index (χ4v) is 1.69. The van der Waals surface area contributed by atoms with E-state index in [1.54, 1.807) is 10.9 Å². The summed E-state index contributed by atoms with van der Waals surface area (Å²) in [5.41, 5.74) is 7.21. The van der Waals surface area contributed by atoms with Crippen LogP contribution in [0.15, 0.2) is 41.1 Å². The molecule has 2 rings (SSSR count). The first-order valence-electron chi connectivity index (χ1n) is 4.52. The van der Waals surface area contributed by atoms with Gasteiger partial charge in [-0.05, 0) is 52.4 Å². The van der Waals surface area contributed by atoms with E-state index < -0.39 is 0 Å². The van der Waals surface area contributed by atoms with Gasteiger partial charge in [-0.1, -0.05) is 0 Å². The van der Waals surface area contributed by atoms with Crippen molar-refractivity contribution in [3.63, 3.8) is 0 Å². The molecule has 82 valence electrons. The minimum Gasteiger partial charge on any atom is -0.376 e. The molecule has 1 aromatic heterocycles. The highest BCUT2D eigenvalue weighted by Crippen LogP contribution is 2.15. The second kappa shape index (κ2) is 4.63. The van der Waals surface area contributed by atoms with Gasteiger partial charge in [-0.15, -0.1) is 0 Å². The third kappa shape index (κ3) is 2.59. The summed E-state index contributed by atoms with van der Waals surface area (Å²) in [6, 6.07) is 7.65. The molecule has 0 aliphatic rings. The molecule has 0 aliphatic carbocycles. The molecular weight excluding hydrogens is 288 g/mol. The highest BCUT2D eigenvalue weighted by molar-refractivity contribution is 9.10. The van der Waals surface area contributed by atoms with Crippen LogP contribution in [-0.4, -0.2) is 14.9 Å². The van der Waals surface area contributed by atoms with Gasteiger partial charge in [0.25, 0.3) is 0 Å². The molecular formula is C10H9BrN4S. The van der Waals surface area contributed by atoms with E-state index in [0.717, 1.165) is 15.8 Å². The van der Waals surface area contributed by atoms with Crippen molar-refractivity contribution in [3.05, 3.63) is 41.1 Å². The van der Waals surface area contributed by atoms with Crippen LogP contribution in [0.2, 0.25) is 0 Å². The molecule has 2 aromatic rings. The zero-order valence-electron chi connectivity index (χ0n) is 8.22. The van der Waals surface area contributed by atoms with Crippen molar-refractivity contribution >= 4 is 38.9 Å². The van der Waals surface area contributed by atoms with Crippen molar-refractivity contribution in [2.24, 2.45) is 5.73 Å². The highest BCUT2D eigenvalue weighted by atomic mass is 79.9. The van der Waals surface area contributed by atoms with Crippen molar-refractivity contribution in [2.45, 2.75) is 0 Å². The Balaban J connectivity index is 2.22. The number of anilines is 1. The molecule has 0 radical (unpaired) electrons. The molecule has 3 N–H and O–H groups in total. The maximum atomic E-state index is 5.37. The van der Waals surface area contributed by atoms with Crippen LogP contribution in [0.25, 0.3) is 5.69 Å². The van der Waals surface area contributed by atoms with E-state index in [0.29, 0.717) is 0 Å². The molecule has 0 spiro atoms. The Morgan fingerprint density at radius 3 is 2.56 bits per heavy atom. The second-order valence-electron chi connectivity index (χ2n) is 3.14. The average Bonchev–Trinajstić information content (AvgIpc) is 2.65. The number of nitrogens with two attached hydrogens (primary N) is 1. The second-order valence-corrected chi connectivity index (χ2v) is 4.49. The summed E-state index contributed by atoms with van der Waals surface area (Å²) in [5.74, 6) is 0. The van der Waals surface area contributed by atoms with Gasteiger partial charge in [0.15, 0.2) is 5.11 Å². The monoisotopic (exact) mass is 296 g/mol. The molecule has 0 saturated heterocycles. The summed E-state index contributed by atoms with van der Waals surface area (Å²) >= 11 is 8.10. The third-order valence-electron chi connectivity index (χ3n) is 1.95. The van der Waals surface area contributed by atoms with Crippen LogP contribution in [0, 0.1) is 0 Å². The number of hydrogen-bond donors (Lipinski definition) is 2. The zero-order chi connectivity index (χ0) is 11.5. The van der Waals surface area contributed by atoms with E-state index in [9.17, 15) is 0 Å². The number of nitrogens with one attached hydrogen (secondary N) is 1. The van der Waals surface area contributed by atoms with Crippen LogP contribution < -0.4 is 11.1 Å². The summed E-state index contributed by atoms with van der Waals surface area (Å²) < 4.78 is 2.71. The first-order chi connectivity index (χ1) is 7.65. The molecule has 0 bridgehead atoms. The Kier molecular flexibility index (Phi) is 3.21. The summed E-state index contributed by atoms with van der Waals surface area (Å²) in [6.45, 7) is 0. The van der Waals surface area contributed by atoms with Crippen LogP contribution in [0.3, 0.4) is 0 Å². The van der Waals surface area contributed by atoms with Crippen molar-refractivity contribution in [3.8, 4) is 5.69 Å². The van der Waals surface area contributed by atoms with Crippen LogP contribution in [0.4, 0.5) is 5.69 Å². The molecule has 4 nitrogen and oxygen atoms in total. The van der Waals surface area contributed by atoms with E-state index in [-0.39, 0.29) is 5.11 Å². The smallest absolute Gasteiger partial charge is 0.168 e. The molecule has 0 unspecified atom stereocenters. The lowest BCUT2D eigenvalue weighted by Crippen LogP contribution is -2.18. The third-order valence-corrected chi connectivity index (χ3v) is 2.46. The minimum absolute atomic E-state index is 0.259. The predicted octanol–water partition coefficient (Wildman–Crippen LogP) is 2.29. The van der Waals surface area contributed by atoms with E-state index in [2.05, 4.69) is 26.3 Å². The first-order valence-corrected chi connectivity index (χ1v) is 5.72. The lowest BCUT2D eigenvalue weighted by molar-refractivity contribution is 0.880. The van der Waals surface area contributed by atoms with Crippen LogP contribution in [-0.2, 0) is 0 Å². The lowest BCUT2D eigenvalue weighted by Gasteiger charge is -2.05. The summed E-state index contributed by atoms with van der Waals surface area (Å²) in [5, 5.41) is 7.29. The Labute approximate surface area is 107 Å². The highest BCUT2D eigenvalue weighted by Gasteiger charge is 1.99. The number of rotatable bonds is 2. The van der Waals surface area contributed by atoms with Crippen LogP contribution in [0.1, 0.15) is 0 Å². The van der Waals surface area contributed by atoms with Crippen LogP contribution in [0.5, 0.6) is 0 Å². The number of benzene rings is 1. The summed E-state index contributed by atoms with van der Waals surface area (Å²) in [6.07, 6.45) is 3.62. The molecule has 0 amide bonds. The standard InChI is InChI=1S/C10H9BrN4S/c11-7-5-13-15(6-7)9-3-1-8(2-4-9)14-10(12)16/h1-6H,(H3,12,14,16).